The van der Waals surface area contributed by atoms with Crippen molar-refractivity contribution < 1.29 is 17.0 Å². The second-order valence-electron chi connectivity index (χ2n) is 2.42. The van der Waals surface area contributed by atoms with Crippen molar-refractivity contribution in [2.45, 2.75) is 25.0 Å². The van der Waals surface area contributed by atoms with Crippen LogP contribution in [-0.2, 0) is 15.0 Å². The second-order valence-corrected chi connectivity index (χ2v) is 4.18. The third-order valence-corrected chi connectivity index (χ3v) is 2.64. The Hall–Kier alpha value is -0.160. The molecule has 0 N–H and O–H groups in total. The van der Waals surface area contributed by atoms with Crippen molar-refractivity contribution in [3.05, 3.63) is 0 Å². The highest BCUT2D eigenvalue weighted by atomic mass is 32.3. The third-order valence-electron chi connectivity index (χ3n) is 1.44. The predicted molar refractivity (Wildman–Crippen MR) is 40.6 cm³/mol. The van der Waals surface area contributed by atoms with E-state index in [1.54, 1.807) is 0 Å². The van der Waals surface area contributed by atoms with Gasteiger partial charge in [-0.05, 0) is 19.8 Å². The molecule has 0 aliphatic rings. The highest BCUT2D eigenvalue weighted by molar-refractivity contribution is 7.86. The van der Waals surface area contributed by atoms with E-state index in [1.807, 2.05) is 0 Å². The number of halogens is 1. The zero-order chi connectivity index (χ0) is 8.91. The maximum Gasteiger partial charge on any atom is 0.305 e. The summed E-state index contributed by atoms with van der Waals surface area (Å²) < 4.78 is 37.3. The van der Waals surface area contributed by atoms with E-state index in [-0.39, 0.29) is 0 Å². The highest BCUT2D eigenvalue weighted by Gasteiger charge is 2.18. The molecular formula is C6H13FO3S. The van der Waals surface area contributed by atoms with Gasteiger partial charge in [-0.1, -0.05) is 0 Å². The summed E-state index contributed by atoms with van der Waals surface area (Å²) in [7, 11) is -2.82. The van der Waals surface area contributed by atoms with Gasteiger partial charge in [-0.15, -0.1) is 3.89 Å². The van der Waals surface area contributed by atoms with Gasteiger partial charge in [-0.25, -0.2) is 0 Å². The van der Waals surface area contributed by atoms with Crippen LogP contribution in [0, 0.1) is 0 Å². The highest BCUT2D eigenvalue weighted by Crippen LogP contribution is 2.09. The molecule has 0 saturated heterocycles. The average molecular weight is 184 g/mol. The molecule has 0 bridgehead atoms. The Bertz CT molecular complexity index is 188. The smallest absolute Gasteiger partial charge is 0.305 e. The molecule has 0 rings (SSSR count). The van der Waals surface area contributed by atoms with E-state index >= 15 is 0 Å². The first-order valence-electron chi connectivity index (χ1n) is 3.41. The lowest BCUT2D eigenvalue weighted by atomic mass is 10.3. The third kappa shape index (κ3) is 5.15. The number of rotatable bonds is 5. The Balaban J connectivity index is 3.62. The SMILES string of the molecule is COCCCC(C)S(=O)(=O)F. The van der Waals surface area contributed by atoms with Crippen LogP contribution in [-0.4, -0.2) is 27.4 Å². The lowest BCUT2D eigenvalue weighted by Gasteiger charge is -2.04. The summed E-state index contributed by atoms with van der Waals surface area (Å²) in [6.45, 7) is 1.82. The molecule has 3 nitrogen and oxygen atoms in total. The standard InChI is InChI=1S/C6H13FO3S/c1-6(11(7,8)9)4-3-5-10-2/h6H,3-5H2,1-2H3. The summed E-state index contributed by atoms with van der Waals surface area (Å²) in [4.78, 5) is 0. The maximum absolute atomic E-state index is 12.1. The van der Waals surface area contributed by atoms with Gasteiger partial charge in [0.2, 0.25) is 0 Å². The molecule has 0 aromatic rings. The van der Waals surface area contributed by atoms with Gasteiger partial charge in [0.15, 0.2) is 0 Å². The van der Waals surface area contributed by atoms with Crippen molar-refractivity contribution in [3.8, 4) is 0 Å². The van der Waals surface area contributed by atoms with E-state index < -0.39 is 15.5 Å². The van der Waals surface area contributed by atoms with Crippen LogP contribution in [0.25, 0.3) is 0 Å². The van der Waals surface area contributed by atoms with Crippen molar-refractivity contribution in [1.82, 2.24) is 0 Å². The van der Waals surface area contributed by atoms with Gasteiger partial charge < -0.3 is 4.74 Å². The first-order valence-corrected chi connectivity index (χ1v) is 4.85. The minimum Gasteiger partial charge on any atom is -0.385 e. The van der Waals surface area contributed by atoms with E-state index in [0.717, 1.165) is 0 Å². The molecular weight excluding hydrogens is 171 g/mol. The van der Waals surface area contributed by atoms with Gasteiger partial charge in [0.05, 0.1) is 5.25 Å². The van der Waals surface area contributed by atoms with E-state index in [4.69, 9.17) is 0 Å². The molecule has 0 radical (unpaired) electrons. The summed E-state index contributed by atoms with van der Waals surface area (Å²) in [5.74, 6) is 0. The molecule has 0 fully saturated rings. The fourth-order valence-electron chi connectivity index (χ4n) is 0.656. The molecule has 0 heterocycles. The van der Waals surface area contributed by atoms with Crippen LogP contribution in [0.4, 0.5) is 3.89 Å². The topological polar surface area (TPSA) is 43.4 Å². The van der Waals surface area contributed by atoms with Gasteiger partial charge in [-0.2, -0.15) is 8.42 Å². The Morgan fingerprint density at radius 1 is 1.55 bits per heavy atom. The van der Waals surface area contributed by atoms with Crippen molar-refractivity contribution in [1.29, 1.82) is 0 Å². The van der Waals surface area contributed by atoms with Gasteiger partial charge in [0, 0.05) is 13.7 Å². The zero-order valence-electron chi connectivity index (χ0n) is 6.71. The molecule has 0 amide bonds. The van der Waals surface area contributed by atoms with E-state index in [1.165, 1.54) is 14.0 Å². The monoisotopic (exact) mass is 184 g/mol. The molecule has 0 aliphatic heterocycles. The predicted octanol–water partition coefficient (Wildman–Crippen LogP) is 1.10. The van der Waals surface area contributed by atoms with Gasteiger partial charge >= 0.3 is 10.2 Å². The van der Waals surface area contributed by atoms with E-state index in [2.05, 4.69) is 4.74 Å². The van der Waals surface area contributed by atoms with E-state index in [9.17, 15) is 12.3 Å². The average Bonchev–Trinajstić information content (AvgIpc) is 1.86. The van der Waals surface area contributed by atoms with Crippen LogP contribution in [0.1, 0.15) is 19.8 Å². The Labute approximate surface area is 66.8 Å². The zero-order valence-corrected chi connectivity index (χ0v) is 7.53. The molecule has 11 heavy (non-hydrogen) atoms. The second kappa shape index (κ2) is 4.66. The largest absolute Gasteiger partial charge is 0.385 e. The summed E-state index contributed by atoms with van der Waals surface area (Å²) in [5.41, 5.74) is 0. The fourth-order valence-corrected chi connectivity index (χ4v) is 1.10. The van der Waals surface area contributed by atoms with Crippen LogP contribution < -0.4 is 0 Å². The lowest BCUT2D eigenvalue weighted by molar-refractivity contribution is 0.192. The Kier molecular flexibility index (Phi) is 4.60. The molecule has 68 valence electrons. The molecule has 1 unspecified atom stereocenters. The number of hydrogen-bond acceptors (Lipinski definition) is 3. The van der Waals surface area contributed by atoms with Crippen molar-refractivity contribution in [2.75, 3.05) is 13.7 Å². The first kappa shape index (κ1) is 10.8. The molecule has 0 aromatic carbocycles. The van der Waals surface area contributed by atoms with Gasteiger partial charge in [0.25, 0.3) is 0 Å². The normalized spacial score (nSPS) is 14.8. The lowest BCUT2D eigenvalue weighted by Crippen LogP contribution is -2.12. The van der Waals surface area contributed by atoms with Crippen LogP contribution >= 0.6 is 0 Å². The molecule has 0 saturated carbocycles. The molecule has 1 atom stereocenters. The molecule has 0 spiro atoms. The van der Waals surface area contributed by atoms with Crippen LogP contribution in [0.15, 0.2) is 0 Å². The summed E-state index contributed by atoms with van der Waals surface area (Å²) >= 11 is 0. The van der Waals surface area contributed by atoms with Crippen molar-refractivity contribution >= 4 is 10.2 Å². The van der Waals surface area contributed by atoms with Gasteiger partial charge in [0.1, 0.15) is 0 Å². The van der Waals surface area contributed by atoms with Crippen LogP contribution in [0.3, 0.4) is 0 Å². The number of methoxy groups -OCH3 is 1. The first-order chi connectivity index (χ1) is 4.98. The minimum atomic E-state index is -4.34. The number of hydrogen-bond donors (Lipinski definition) is 0. The van der Waals surface area contributed by atoms with Crippen molar-refractivity contribution in [2.24, 2.45) is 0 Å². The van der Waals surface area contributed by atoms with Crippen LogP contribution in [0.2, 0.25) is 0 Å². The van der Waals surface area contributed by atoms with Gasteiger partial charge in [-0.3, -0.25) is 0 Å². The minimum absolute atomic E-state index is 0.312. The summed E-state index contributed by atoms with van der Waals surface area (Å²) in [6, 6.07) is 0. The van der Waals surface area contributed by atoms with Crippen molar-refractivity contribution in [3.63, 3.8) is 0 Å². The quantitative estimate of drug-likeness (QED) is 0.474. The molecule has 5 heteroatoms. The van der Waals surface area contributed by atoms with Crippen LogP contribution in [0.5, 0.6) is 0 Å². The van der Waals surface area contributed by atoms with E-state index in [0.29, 0.717) is 19.4 Å². The molecule has 0 aromatic heterocycles. The molecule has 0 aliphatic carbocycles. The summed E-state index contributed by atoms with van der Waals surface area (Å²) in [6.07, 6.45) is 0.882. The fraction of sp³-hybridized carbons (Fsp3) is 1.00. The maximum atomic E-state index is 12.1. The Morgan fingerprint density at radius 3 is 2.45 bits per heavy atom. The Morgan fingerprint density at radius 2 is 2.09 bits per heavy atom. The summed E-state index contributed by atoms with van der Waals surface area (Å²) in [5, 5.41) is -0.905. The number of ether oxygens (including phenoxy) is 1.